The minimum atomic E-state index is -4.44. The first kappa shape index (κ1) is 22.4. The number of aromatic nitrogens is 2. The molecule has 0 radical (unpaired) electrons. The lowest BCUT2D eigenvalue weighted by Crippen LogP contribution is -2.24. The standard InChI is InChI=1S/C19H23F3N4O3.2H2/c1-3-6-28-12-25-17-8-14(7-13(2)26-17)9-24-18(27)16-5-4-15(10-23-16)29-11-19(20,21)22;;/h4-5,7-8,10H,3,6,9,11-12H2,1-2H3,(H,24,27)(H,25,26);2*1H. The highest BCUT2D eigenvalue weighted by Gasteiger charge is 2.28. The van der Waals surface area contributed by atoms with Crippen molar-refractivity contribution >= 4 is 11.7 Å². The van der Waals surface area contributed by atoms with E-state index in [1.54, 1.807) is 6.07 Å². The van der Waals surface area contributed by atoms with Crippen molar-refractivity contribution < 1.29 is 30.3 Å². The van der Waals surface area contributed by atoms with E-state index in [0.717, 1.165) is 23.9 Å². The highest BCUT2D eigenvalue weighted by molar-refractivity contribution is 5.92. The molecule has 0 aromatic carbocycles. The molecule has 0 atom stereocenters. The third kappa shape index (κ3) is 8.34. The van der Waals surface area contributed by atoms with Crippen LogP contribution in [0.5, 0.6) is 5.75 Å². The molecule has 0 aliphatic rings. The minimum Gasteiger partial charge on any atom is -0.483 e. The number of carbonyl (C=O) groups excluding carboxylic acids is 1. The van der Waals surface area contributed by atoms with E-state index in [1.807, 2.05) is 19.9 Å². The van der Waals surface area contributed by atoms with Gasteiger partial charge < -0.3 is 20.1 Å². The second-order valence-electron chi connectivity index (χ2n) is 6.20. The number of nitrogens with one attached hydrogen (secondary N) is 2. The van der Waals surface area contributed by atoms with Crippen molar-refractivity contribution in [3.63, 3.8) is 0 Å². The van der Waals surface area contributed by atoms with Crippen molar-refractivity contribution in [3.8, 4) is 5.75 Å². The Labute approximate surface area is 169 Å². The number of halogens is 3. The number of nitrogens with zero attached hydrogens (tertiary/aromatic N) is 2. The summed E-state index contributed by atoms with van der Waals surface area (Å²) in [5, 5.41) is 5.77. The Morgan fingerprint density at radius 3 is 2.72 bits per heavy atom. The molecule has 0 saturated heterocycles. The molecule has 0 saturated carbocycles. The Morgan fingerprint density at radius 2 is 2.07 bits per heavy atom. The number of anilines is 1. The average Bonchev–Trinajstić information content (AvgIpc) is 2.67. The molecule has 0 aliphatic carbocycles. The average molecular weight is 416 g/mol. The zero-order valence-electron chi connectivity index (χ0n) is 16.2. The van der Waals surface area contributed by atoms with Crippen LogP contribution in [0.3, 0.4) is 0 Å². The number of alkyl halides is 3. The zero-order chi connectivity index (χ0) is 21.3. The summed E-state index contributed by atoms with van der Waals surface area (Å²) in [7, 11) is 0. The predicted octanol–water partition coefficient (Wildman–Crippen LogP) is 3.94. The lowest BCUT2D eigenvalue weighted by Gasteiger charge is -2.11. The second kappa shape index (κ2) is 10.6. The minimum absolute atomic E-state index is 0. The van der Waals surface area contributed by atoms with Gasteiger partial charge in [-0.25, -0.2) is 9.97 Å². The SMILES string of the molecule is CCCOCNc1cc(CNC(=O)c2ccc(OCC(F)(F)F)cn2)cc(C)n1.[HH].[HH]. The summed E-state index contributed by atoms with van der Waals surface area (Å²) in [6.45, 7) is 3.66. The lowest BCUT2D eigenvalue weighted by molar-refractivity contribution is -0.153. The molecule has 29 heavy (non-hydrogen) atoms. The second-order valence-corrected chi connectivity index (χ2v) is 6.20. The van der Waals surface area contributed by atoms with Gasteiger partial charge in [0.15, 0.2) is 6.61 Å². The van der Waals surface area contributed by atoms with Crippen LogP contribution in [-0.4, -0.2) is 42.0 Å². The quantitative estimate of drug-likeness (QED) is 0.451. The van der Waals surface area contributed by atoms with Crippen LogP contribution in [-0.2, 0) is 11.3 Å². The normalized spacial score (nSPS) is 11.2. The third-order valence-corrected chi connectivity index (χ3v) is 3.54. The van der Waals surface area contributed by atoms with E-state index in [-0.39, 0.29) is 20.8 Å². The fourth-order valence-electron chi connectivity index (χ4n) is 2.31. The summed E-state index contributed by atoms with van der Waals surface area (Å²) in [4.78, 5) is 20.4. The molecule has 162 valence electrons. The van der Waals surface area contributed by atoms with Gasteiger partial charge >= 0.3 is 6.18 Å². The molecule has 7 nitrogen and oxygen atoms in total. The molecule has 2 aromatic heterocycles. The molecule has 0 bridgehead atoms. The van der Waals surface area contributed by atoms with Gasteiger partial charge in [0.05, 0.1) is 6.20 Å². The van der Waals surface area contributed by atoms with Gasteiger partial charge in [-0.05, 0) is 43.2 Å². The molecule has 10 heteroatoms. The fourth-order valence-corrected chi connectivity index (χ4v) is 2.31. The number of pyridine rings is 2. The number of carbonyl (C=O) groups is 1. The van der Waals surface area contributed by atoms with E-state index in [2.05, 4.69) is 25.3 Å². The number of ether oxygens (including phenoxy) is 2. The number of hydrogen-bond acceptors (Lipinski definition) is 6. The van der Waals surface area contributed by atoms with Gasteiger partial charge in [0.1, 0.15) is 24.0 Å². The summed E-state index contributed by atoms with van der Waals surface area (Å²) in [5.74, 6) is 0.113. The number of amides is 1. The fraction of sp³-hybridized carbons (Fsp3) is 0.421. The predicted molar refractivity (Wildman–Crippen MR) is 105 cm³/mol. The van der Waals surface area contributed by atoms with E-state index < -0.39 is 18.7 Å². The van der Waals surface area contributed by atoms with Gasteiger partial charge in [-0.15, -0.1) is 0 Å². The van der Waals surface area contributed by atoms with Gasteiger partial charge in [0.2, 0.25) is 0 Å². The van der Waals surface area contributed by atoms with Gasteiger partial charge in [0, 0.05) is 21.7 Å². The van der Waals surface area contributed by atoms with Gasteiger partial charge in [0.25, 0.3) is 5.91 Å². The molecule has 2 N–H and O–H groups in total. The first-order valence-electron chi connectivity index (χ1n) is 9.00. The maximum atomic E-state index is 12.2. The Balaban J connectivity index is 0.00000450. The van der Waals surface area contributed by atoms with Gasteiger partial charge in [-0.3, -0.25) is 4.79 Å². The van der Waals surface area contributed by atoms with Crippen molar-refractivity contribution in [2.75, 3.05) is 25.3 Å². The van der Waals surface area contributed by atoms with Gasteiger partial charge in [-0.2, -0.15) is 13.2 Å². The monoisotopic (exact) mass is 416 g/mol. The van der Waals surface area contributed by atoms with Crippen molar-refractivity contribution in [3.05, 3.63) is 47.4 Å². The van der Waals surface area contributed by atoms with E-state index in [0.29, 0.717) is 19.2 Å². The van der Waals surface area contributed by atoms with Crippen LogP contribution in [0.4, 0.5) is 19.0 Å². The van der Waals surface area contributed by atoms with E-state index in [1.165, 1.54) is 12.1 Å². The van der Waals surface area contributed by atoms with Crippen molar-refractivity contribution in [1.82, 2.24) is 15.3 Å². The topological polar surface area (TPSA) is 85.4 Å². The molecule has 0 unspecified atom stereocenters. The van der Waals surface area contributed by atoms with E-state index in [9.17, 15) is 18.0 Å². The Kier molecular flexibility index (Phi) is 8.20. The number of aryl methyl sites for hydroxylation is 1. The molecule has 2 aromatic rings. The summed E-state index contributed by atoms with van der Waals surface area (Å²) >= 11 is 0. The van der Waals surface area contributed by atoms with Crippen LogP contribution < -0.4 is 15.4 Å². The van der Waals surface area contributed by atoms with Crippen LogP contribution in [0, 0.1) is 6.92 Å². The van der Waals surface area contributed by atoms with Crippen molar-refractivity contribution in [2.24, 2.45) is 0 Å². The Bertz CT molecular complexity index is 809. The maximum absolute atomic E-state index is 12.2. The summed E-state index contributed by atoms with van der Waals surface area (Å²) in [5.41, 5.74) is 1.68. The molecule has 2 heterocycles. The molecular formula is C19H27F3N4O3. The molecule has 2 rings (SSSR count). The van der Waals surface area contributed by atoms with Crippen molar-refractivity contribution in [1.29, 1.82) is 0 Å². The molecule has 1 amide bonds. The zero-order valence-corrected chi connectivity index (χ0v) is 16.2. The van der Waals surface area contributed by atoms with E-state index >= 15 is 0 Å². The Hall–Kier alpha value is -2.88. The Morgan fingerprint density at radius 1 is 1.28 bits per heavy atom. The largest absolute Gasteiger partial charge is 0.483 e. The first-order chi connectivity index (χ1) is 13.8. The van der Waals surface area contributed by atoms with Gasteiger partial charge in [-0.1, -0.05) is 6.92 Å². The summed E-state index contributed by atoms with van der Waals surface area (Å²) in [6, 6.07) is 6.20. The van der Waals surface area contributed by atoms with Crippen LogP contribution in [0.25, 0.3) is 0 Å². The van der Waals surface area contributed by atoms with Crippen LogP contribution in [0.2, 0.25) is 0 Å². The highest BCUT2D eigenvalue weighted by Crippen LogP contribution is 2.18. The first-order valence-corrected chi connectivity index (χ1v) is 9.00. The van der Waals surface area contributed by atoms with Crippen LogP contribution in [0.1, 0.15) is 37.9 Å². The smallest absolute Gasteiger partial charge is 0.422 e. The van der Waals surface area contributed by atoms with Crippen molar-refractivity contribution in [2.45, 2.75) is 33.0 Å². The molecular weight excluding hydrogens is 389 g/mol. The molecule has 0 spiro atoms. The van der Waals surface area contributed by atoms with Crippen LogP contribution in [0.15, 0.2) is 30.5 Å². The third-order valence-electron chi connectivity index (χ3n) is 3.54. The summed E-state index contributed by atoms with van der Waals surface area (Å²) in [6.07, 6.45) is -2.44. The molecule has 0 aliphatic heterocycles. The summed E-state index contributed by atoms with van der Waals surface area (Å²) < 4.78 is 46.4. The number of rotatable bonds is 10. The number of hydrogen-bond donors (Lipinski definition) is 2. The lowest BCUT2D eigenvalue weighted by atomic mass is 10.2. The van der Waals surface area contributed by atoms with Crippen LogP contribution >= 0.6 is 0 Å². The maximum Gasteiger partial charge on any atom is 0.422 e. The van der Waals surface area contributed by atoms with E-state index in [4.69, 9.17) is 4.74 Å². The molecule has 0 fully saturated rings. The highest BCUT2D eigenvalue weighted by atomic mass is 19.4.